The van der Waals surface area contributed by atoms with Gasteiger partial charge in [-0.3, -0.25) is 4.79 Å². The zero-order valence-electron chi connectivity index (χ0n) is 11.4. The number of hydrogen-bond donors (Lipinski definition) is 1. The van der Waals surface area contributed by atoms with Gasteiger partial charge in [-0.1, -0.05) is 37.3 Å². The standard InChI is InChI=1S/C17H16N2O/c1-2-11-19-17(20)14-9-7-13(8-10-14)16-6-4-3-5-15(16)12-18/h3-10H,2,11H2,1H3,(H,19,20). The normalized spacial score (nSPS) is 9.80. The molecule has 3 nitrogen and oxygen atoms in total. The highest BCUT2D eigenvalue weighted by Gasteiger charge is 2.07. The second kappa shape index (κ2) is 6.53. The number of nitriles is 1. The summed E-state index contributed by atoms with van der Waals surface area (Å²) >= 11 is 0. The molecule has 0 aliphatic carbocycles. The van der Waals surface area contributed by atoms with Crippen LogP contribution in [0.3, 0.4) is 0 Å². The van der Waals surface area contributed by atoms with Crippen LogP contribution in [0.1, 0.15) is 29.3 Å². The Morgan fingerprint density at radius 1 is 1.15 bits per heavy atom. The summed E-state index contributed by atoms with van der Waals surface area (Å²) < 4.78 is 0. The topological polar surface area (TPSA) is 52.9 Å². The molecular formula is C17H16N2O. The van der Waals surface area contributed by atoms with Crippen molar-refractivity contribution < 1.29 is 4.79 Å². The maximum absolute atomic E-state index is 11.8. The fourth-order valence-corrected chi connectivity index (χ4v) is 1.97. The highest BCUT2D eigenvalue weighted by molar-refractivity contribution is 5.94. The summed E-state index contributed by atoms with van der Waals surface area (Å²) in [5.41, 5.74) is 3.09. The van der Waals surface area contributed by atoms with E-state index in [1.54, 1.807) is 18.2 Å². The average molecular weight is 264 g/mol. The fourth-order valence-electron chi connectivity index (χ4n) is 1.97. The fraction of sp³-hybridized carbons (Fsp3) is 0.176. The molecule has 20 heavy (non-hydrogen) atoms. The number of carbonyl (C=O) groups excluding carboxylic acids is 1. The second-order valence-electron chi connectivity index (χ2n) is 4.49. The lowest BCUT2D eigenvalue weighted by Crippen LogP contribution is -2.23. The van der Waals surface area contributed by atoms with Gasteiger partial charge in [-0.25, -0.2) is 0 Å². The van der Waals surface area contributed by atoms with Crippen molar-refractivity contribution in [1.82, 2.24) is 5.32 Å². The van der Waals surface area contributed by atoms with E-state index in [4.69, 9.17) is 5.26 Å². The van der Waals surface area contributed by atoms with Gasteiger partial charge in [-0.2, -0.15) is 5.26 Å². The van der Waals surface area contributed by atoms with Gasteiger partial charge in [0.15, 0.2) is 0 Å². The minimum Gasteiger partial charge on any atom is -0.352 e. The lowest BCUT2D eigenvalue weighted by molar-refractivity contribution is 0.0953. The molecule has 0 fully saturated rings. The van der Waals surface area contributed by atoms with Crippen LogP contribution < -0.4 is 5.32 Å². The molecule has 1 amide bonds. The number of rotatable bonds is 4. The van der Waals surface area contributed by atoms with Crippen molar-refractivity contribution in [2.75, 3.05) is 6.54 Å². The smallest absolute Gasteiger partial charge is 0.251 e. The van der Waals surface area contributed by atoms with Gasteiger partial charge in [0.25, 0.3) is 5.91 Å². The highest BCUT2D eigenvalue weighted by atomic mass is 16.1. The number of hydrogen-bond acceptors (Lipinski definition) is 2. The molecule has 2 rings (SSSR count). The van der Waals surface area contributed by atoms with Crippen molar-refractivity contribution in [2.45, 2.75) is 13.3 Å². The second-order valence-corrected chi connectivity index (χ2v) is 4.49. The van der Waals surface area contributed by atoms with Gasteiger partial charge in [0.1, 0.15) is 0 Å². The average Bonchev–Trinajstić information content (AvgIpc) is 2.52. The summed E-state index contributed by atoms with van der Waals surface area (Å²) in [7, 11) is 0. The van der Waals surface area contributed by atoms with Crippen molar-refractivity contribution in [3.05, 3.63) is 59.7 Å². The van der Waals surface area contributed by atoms with Crippen LogP contribution in [0.4, 0.5) is 0 Å². The Labute approximate surface area is 118 Å². The monoisotopic (exact) mass is 264 g/mol. The van der Waals surface area contributed by atoms with Crippen LogP contribution in [0.15, 0.2) is 48.5 Å². The summed E-state index contributed by atoms with van der Waals surface area (Å²) in [6, 6.07) is 16.9. The number of amides is 1. The SMILES string of the molecule is CCCNC(=O)c1ccc(-c2ccccc2C#N)cc1. The Kier molecular flexibility index (Phi) is 4.52. The van der Waals surface area contributed by atoms with Gasteiger partial charge >= 0.3 is 0 Å². The first-order chi connectivity index (χ1) is 9.76. The third-order valence-electron chi connectivity index (χ3n) is 3.04. The Balaban J connectivity index is 2.24. The Hall–Kier alpha value is -2.60. The van der Waals surface area contributed by atoms with Crippen molar-refractivity contribution in [3.63, 3.8) is 0 Å². The van der Waals surface area contributed by atoms with Crippen LogP contribution in [0.25, 0.3) is 11.1 Å². The molecule has 0 radical (unpaired) electrons. The van der Waals surface area contributed by atoms with Gasteiger partial charge in [0, 0.05) is 12.1 Å². The molecule has 2 aromatic rings. The predicted octanol–water partition coefficient (Wildman–Crippen LogP) is 3.37. The van der Waals surface area contributed by atoms with Crippen LogP contribution in [-0.4, -0.2) is 12.5 Å². The molecule has 0 spiro atoms. The van der Waals surface area contributed by atoms with Crippen LogP contribution in [0.2, 0.25) is 0 Å². The van der Waals surface area contributed by atoms with E-state index >= 15 is 0 Å². The maximum Gasteiger partial charge on any atom is 0.251 e. The van der Waals surface area contributed by atoms with Crippen molar-refractivity contribution >= 4 is 5.91 Å². The summed E-state index contributed by atoms with van der Waals surface area (Å²) in [6.45, 7) is 2.69. The van der Waals surface area contributed by atoms with Gasteiger partial charge in [-0.15, -0.1) is 0 Å². The number of nitrogens with zero attached hydrogens (tertiary/aromatic N) is 1. The van der Waals surface area contributed by atoms with Gasteiger partial charge < -0.3 is 5.32 Å². The Bertz CT molecular complexity index is 639. The molecule has 0 saturated carbocycles. The van der Waals surface area contributed by atoms with E-state index in [-0.39, 0.29) is 5.91 Å². The molecule has 0 unspecified atom stereocenters. The van der Waals surface area contributed by atoms with Crippen molar-refractivity contribution in [1.29, 1.82) is 5.26 Å². The number of benzene rings is 2. The van der Waals surface area contributed by atoms with Crippen LogP contribution in [-0.2, 0) is 0 Å². The Morgan fingerprint density at radius 2 is 1.85 bits per heavy atom. The molecule has 100 valence electrons. The van der Waals surface area contributed by atoms with Crippen LogP contribution in [0.5, 0.6) is 0 Å². The summed E-state index contributed by atoms with van der Waals surface area (Å²) in [5.74, 6) is -0.0630. The largest absolute Gasteiger partial charge is 0.352 e. The molecule has 2 aromatic carbocycles. The molecule has 0 aliphatic rings. The molecule has 0 heterocycles. The van der Waals surface area contributed by atoms with E-state index in [0.717, 1.165) is 17.5 Å². The lowest BCUT2D eigenvalue weighted by atomic mass is 9.99. The van der Waals surface area contributed by atoms with E-state index in [1.165, 1.54) is 0 Å². The van der Waals surface area contributed by atoms with E-state index < -0.39 is 0 Å². The Morgan fingerprint density at radius 3 is 2.50 bits per heavy atom. The molecule has 0 aromatic heterocycles. The zero-order chi connectivity index (χ0) is 14.4. The maximum atomic E-state index is 11.8. The van der Waals surface area contributed by atoms with Gasteiger partial charge in [0.2, 0.25) is 0 Å². The molecule has 0 bridgehead atoms. The number of carbonyl (C=O) groups is 1. The van der Waals surface area contributed by atoms with Crippen LogP contribution >= 0.6 is 0 Å². The van der Waals surface area contributed by atoms with Crippen molar-refractivity contribution in [3.8, 4) is 17.2 Å². The molecular weight excluding hydrogens is 248 g/mol. The molecule has 1 N–H and O–H groups in total. The van der Waals surface area contributed by atoms with E-state index in [1.807, 2.05) is 37.3 Å². The van der Waals surface area contributed by atoms with Gasteiger partial charge in [-0.05, 0) is 35.7 Å². The first-order valence-electron chi connectivity index (χ1n) is 6.64. The predicted molar refractivity (Wildman–Crippen MR) is 79.2 cm³/mol. The summed E-state index contributed by atoms with van der Waals surface area (Å²) in [4.78, 5) is 11.8. The zero-order valence-corrected chi connectivity index (χ0v) is 11.4. The molecule has 3 heteroatoms. The first-order valence-corrected chi connectivity index (χ1v) is 6.64. The number of nitrogens with one attached hydrogen (secondary N) is 1. The molecule has 0 aliphatic heterocycles. The minimum atomic E-state index is -0.0630. The van der Waals surface area contributed by atoms with E-state index in [0.29, 0.717) is 17.7 Å². The summed E-state index contributed by atoms with van der Waals surface area (Å²) in [6.07, 6.45) is 0.916. The molecule has 0 saturated heterocycles. The first kappa shape index (κ1) is 13.8. The molecule has 0 atom stereocenters. The van der Waals surface area contributed by atoms with Crippen molar-refractivity contribution in [2.24, 2.45) is 0 Å². The van der Waals surface area contributed by atoms with E-state index in [9.17, 15) is 4.79 Å². The minimum absolute atomic E-state index is 0.0630. The van der Waals surface area contributed by atoms with Crippen LogP contribution in [0, 0.1) is 11.3 Å². The van der Waals surface area contributed by atoms with Gasteiger partial charge in [0.05, 0.1) is 11.6 Å². The summed E-state index contributed by atoms with van der Waals surface area (Å²) in [5, 5.41) is 11.9. The third kappa shape index (κ3) is 3.04. The van der Waals surface area contributed by atoms with E-state index in [2.05, 4.69) is 11.4 Å². The lowest BCUT2D eigenvalue weighted by Gasteiger charge is -2.06. The quantitative estimate of drug-likeness (QED) is 0.920. The third-order valence-corrected chi connectivity index (χ3v) is 3.04. The highest BCUT2D eigenvalue weighted by Crippen LogP contribution is 2.23.